The number of aryl methyl sites for hydroxylation is 1. The first-order valence-electron chi connectivity index (χ1n) is 5.81. The van der Waals surface area contributed by atoms with Crippen LogP contribution >= 0.6 is 0 Å². The van der Waals surface area contributed by atoms with Crippen molar-refractivity contribution in [2.75, 3.05) is 13.7 Å². The monoisotopic (exact) mass is 270 g/mol. The Balaban J connectivity index is 2.56. The molecule has 19 heavy (non-hydrogen) atoms. The SMILES string of the molecule is CN(C(=O)CCn1cnc([N+](=O)[O-])c1)C(C)(C)CO. The first kappa shape index (κ1) is 15.1. The average Bonchev–Trinajstić information content (AvgIpc) is 2.83. The van der Waals surface area contributed by atoms with Crippen molar-refractivity contribution < 1.29 is 14.8 Å². The number of nitro groups is 1. The summed E-state index contributed by atoms with van der Waals surface area (Å²) < 4.78 is 1.50. The van der Waals surface area contributed by atoms with Crippen LogP contribution in [-0.4, -0.2) is 49.6 Å². The van der Waals surface area contributed by atoms with Crippen molar-refractivity contribution in [2.24, 2.45) is 0 Å². The predicted octanol–water partition coefficient (Wildman–Crippen LogP) is 0.411. The lowest BCUT2D eigenvalue weighted by Crippen LogP contribution is -2.47. The molecule has 0 spiro atoms. The molecule has 0 fully saturated rings. The Morgan fingerprint density at radius 3 is 2.74 bits per heavy atom. The van der Waals surface area contributed by atoms with Gasteiger partial charge in [0.05, 0.1) is 12.1 Å². The molecule has 1 heterocycles. The minimum absolute atomic E-state index is 0.133. The van der Waals surface area contributed by atoms with Gasteiger partial charge in [0.2, 0.25) is 12.2 Å². The minimum atomic E-state index is -0.627. The molecule has 1 rings (SSSR count). The summed E-state index contributed by atoms with van der Waals surface area (Å²) in [5.41, 5.74) is -0.627. The maximum Gasteiger partial charge on any atom is 0.381 e. The topological polar surface area (TPSA) is 102 Å². The molecule has 0 bridgehead atoms. The van der Waals surface area contributed by atoms with Crippen LogP contribution in [0.4, 0.5) is 5.82 Å². The summed E-state index contributed by atoms with van der Waals surface area (Å²) in [5.74, 6) is -0.383. The van der Waals surface area contributed by atoms with Crippen LogP contribution in [0.3, 0.4) is 0 Å². The zero-order valence-electron chi connectivity index (χ0n) is 11.2. The fourth-order valence-corrected chi connectivity index (χ4v) is 1.40. The number of aliphatic hydroxyl groups excluding tert-OH is 1. The standard InChI is InChI=1S/C11H18N4O4/c1-11(2,7-16)13(3)10(17)4-5-14-6-9(12-8-14)15(18)19/h6,8,16H,4-5,7H2,1-3H3. The third-order valence-electron chi connectivity index (χ3n) is 3.06. The molecule has 0 unspecified atom stereocenters. The Kier molecular flexibility index (Phi) is 4.60. The normalized spacial score (nSPS) is 11.4. The molecule has 1 amide bonds. The number of likely N-dealkylation sites (N-methyl/N-ethyl adjacent to an activating group) is 1. The molecule has 8 heteroatoms. The zero-order valence-corrected chi connectivity index (χ0v) is 11.2. The van der Waals surface area contributed by atoms with Crippen LogP contribution in [0.1, 0.15) is 20.3 Å². The first-order chi connectivity index (χ1) is 8.77. The highest BCUT2D eigenvalue weighted by Crippen LogP contribution is 2.13. The van der Waals surface area contributed by atoms with Gasteiger partial charge in [-0.15, -0.1) is 0 Å². The van der Waals surface area contributed by atoms with Crippen LogP contribution in [0.5, 0.6) is 0 Å². The van der Waals surface area contributed by atoms with E-state index < -0.39 is 10.5 Å². The number of nitrogens with zero attached hydrogens (tertiary/aromatic N) is 4. The number of hydrogen-bond donors (Lipinski definition) is 1. The molecule has 8 nitrogen and oxygen atoms in total. The highest BCUT2D eigenvalue weighted by atomic mass is 16.6. The lowest BCUT2D eigenvalue weighted by atomic mass is 10.0. The van der Waals surface area contributed by atoms with Gasteiger partial charge in [-0.25, -0.2) is 0 Å². The molecule has 0 radical (unpaired) electrons. The van der Waals surface area contributed by atoms with Crippen LogP contribution in [0.25, 0.3) is 0 Å². The summed E-state index contributed by atoms with van der Waals surface area (Å²) in [6, 6.07) is 0. The molecule has 1 aromatic heterocycles. The van der Waals surface area contributed by atoms with E-state index in [1.807, 2.05) is 0 Å². The van der Waals surface area contributed by atoms with E-state index in [0.29, 0.717) is 6.54 Å². The van der Waals surface area contributed by atoms with Crippen molar-refractivity contribution in [1.82, 2.24) is 14.5 Å². The number of aliphatic hydroxyl groups is 1. The van der Waals surface area contributed by atoms with Gasteiger partial charge in [0.1, 0.15) is 6.20 Å². The molecule has 1 N–H and O–H groups in total. The van der Waals surface area contributed by atoms with Gasteiger partial charge in [-0.05, 0) is 23.8 Å². The number of carbonyl (C=O) groups excluding carboxylic acids is 1. The summed E-state index contributed by atoms with van der Waals surface area (Å²) in [5, 5.41) is 19.6. The average molecular weight is 270 g/mol. The zero-order chi connectivity index (χ0) is 14.6. The van der Waals surface area contributed by atoms with Gasteiger partial charge in [0.25, 0.3) is 0 Å². The second-order valence-corrected chi connectivity index (χ2v) is 4.90. The number of aromatic nitrogens is 2. The smallest absolute Gasteiger partial charge is 0.381 e. The van der Waals surface area contributed by atoms with Crippen molar-refractivity contribution in [3.8, 4) is 0 Å². The number of carbonyl (C=O) groups is 1. The van der Waals surface area contributed by atoms with Gasteiger partial charge in [0.15, 0.2) is 0 Å². The van der Waals surface area contributed by atoms with Crippen molar-refractivity contribution in [1.29, 1.82) is 0 Å². The summed E-state index contributed by atoms with van der Waals surface area (Å²) in [4.78, 5) is 26.9. The number of amides is 1. The first-order valence-corrected chi connectivity index (χ1v) is 5.81. The Morgan fingerprint density at radius 2 is 2.26 bits per heavy atom. The Hall–Kier alpha value is -1.96. The van der Waals surface area contributed by atoms with E-state index in [1.165, 1.54) is 22.0 Å². The maximum absolute atomic E-state index is 11.9. The summed E-state index contributed by atoms with van der Waals surface area (Å²) in [7, 11) is 1.62. The molecule has 0 saturated carbocycles. The van der Waals surface area contributed by atoms with Crippen LogP contribution in [0.15, 0.2) is 12.5 Å². The van der Waals surface area contributed by atoms with E-state index in [1.54, 1.807) is 20.9 Å². The minimum Gasteiger partial charge on any atom is -0.394 e. The molecule has 1 aromatic rings. The van der Waals surface area contributed by atoms with Crippen molar-refractivity contribution in [3.63, 3.8) is 0 Å². The Bertz CT molecular complexity index is 469. The van der Waals surface area contributed by atoms with E-state index in [9.17, 15) is 20.0 Å². The van der Waals surface area contributed by atoms with Crippen LogP contribution < -0.4 is 0 Å². The van der Waals surface area contributed by atoms with E-state index in [0.717, 1.165) is 0 Å². The van der Waals surface area contributed by atoms with Crippen LogP contribution in [-0.2, 0) is 11.3 Å². The predicted molar refractivity (Wildman–Crippen MR) is 67.4 cm³/mol. The maximum atomic E-state index is 11.9. The van der Waals surface area contributed by atoms with Crippen molar-refractivity contribution in [2.45, 2.75) is 32.4 Å². The summed E-state index contributed by atoms with van der Waals surface area (Å²) in [6.07, 6.45) is 2.79. The van der Waals surface area contributed by atoms with E-state index >= 15 is 0 Å². The van der Waals surface area contributed by atoms with Crippen molar-refractivity contribution in [3.05, 3.63) is 22.6 Å². The molecule has 0 aromatic carbocycles. The molecule has 0 aliphatic heterocycles. The van der Waals surface area contributed by atoms with Gasteiger partial charge >= 0.3 is 5.82 Å². The van der Waals surface area contributed by atoms with E-state index in [-0.39, 0.29) is 24.8 Å². The lowest BCUT2D eigenvalue weighted by Gasteiger charge is -2.34. The third-order valence-corrected chi connectivity index (χ3v) is 3.06. The second kappa shape index (κ2) is 5.79. The van der Waals surface area contributed by atoms with Crippen LogP contribution in [0, 0.1) is 10.1 Å². The number of imidazole rings is 1. The molecule has 0 atom stereocenters. The summed E-state index contributed by atoms with van der Waals surface area (Å²) >= 11 is 0. The third kappa shape index (κ3) is 3.75. The van der Waals surface area contributed by atoms with E-state index in [2.05, 4.69) is 4.98 Å². The molecular weight excluding hydrogens is 252 g/mol. The highest BCUT2D eigenvalue weighted by Gasteiger charge is 2.26. The molecular formula is C11H18N4O4. The number of hydrogen-bond acceptors (Lipinski definition) is 5. The van der Waals surface area contributed by atoms with Crippen molar-refractivity contribution >= 4 is 11.7 Å². The van der Waals surface area contributed by atoms with Crippen LogP contribution in [0.2, 0.25) is 0 Å². The Labute approximate surface area is 110 Å². The van der Waals surface area contributed by atoms with Gasteiger partial charge in [-0.2, -0.15) is 0 Å². The highest BCUT2D eigenvalue weighted by molar-refractivity contribution is 5.76. The molecule has 0 aliphatic carbocycles. The molecule has 0 aliphatic rings. The Morgan fingerprint density at radius 1 is 1.63 bits per heavy atom. The lowest BCUT2D eigenvalue weighted by molar-refractivity contribution is -0.389. The fourth-order valence-electron chi connectivity index (χ4n) is 1.40. The van der Waals surface area contributed by atoms with Gasteiger partial charge in [0, 0.05) is 20.0 Å². The van der Waals surface area contributed by atoms with E-state index in [4.69, 9.17) is 0 Å². The second-order valence-electron chi connectivity index (χ2n) is 4.90. The number of rotatable bonds is 6. The fraction of sp³-hybridized carbons (Fsp3) is 0.636. The molecule has 0 saturated heterocycles. The quantitative estimate of drug-likeness (QED) is 0.596. The largest absolute Gasteiger partial charge is 0.394 e. The summed E-state index contributed by atoms with van der Waals surface area (Å²) in [6.45, 7) is 3.69. The van der Waals surface area contributed by atoms with Gasteiger partial charge < -0.3 is 24.7 Å². The molecule has 106 valence electrons. The van der Waals surface area contributed by atoms with Gasteiger partial charge in [-0.1, -0.05) is 0 Å². The van der Waals surface area contributed by atoms with Gasteiger partial charge in [-0.3, -0.25) is 4.79 Å².